The lowest BCUT2D eigenvalue weighted by molar-refractivity contribution is -0.139. The molecular formula is C28H28N4O3S. The Morgan fingerprint density at radius 1 is 1.03 bits per heavy atom. The van der Waals surface area contributed by atoms with Crippen molar-refractivity contribution in [2.75, 3.05) is 12.4 Å². The highest BCUT2D eigenvalue weighted by atomic mass is 32.2. The number of esters is 1. The molecule has 1 fully saturated rings. The van der Waals surface area contributed by atoms with E-state index in [1.165, 1.54) is 23.7 Å². The first-order valence-electron chi connectivity index (χ1n) is 12.6. The molecule has 0 radical (unpaired) electrons. The summed E-state index contributed by atoms with van der Waals surface area (Å²) in [6.45, 7) is 2.13. The van der Waals surface area contributed by atoms with E-state index in [-0.39, 0.29) is 22.7 Å². The van der Waals surface area contributed by atoms with Gasteiger partial charge in [-0.1, -0.05) is 73.5 Å². The highest BCUT2D eigenvalue weighted by Crippen LogP contribution is 2.49. The number of ether oxygens (including phenoxy) is 1. The summed E-state index contributed by atoms with van der Waals surface area (Å²) in [5.41, 5.74) is 4.54. The fourth-order valence-electron chi connectivity index (χ4n) is 5.99. The van der Waals surface area contributed by atoms with E-state index in [0.29, 0.717) is 17.5 Å². The summed E-state index contributed by atoms with van der Waals surface area (Å²) < 4.78 is 8.85. The zero-order chi connectivity index (χ0) is 24.7. The predicted octanol–water partition coefficient (Wildman–Crippen LogP) is 4.96. The lowest BCUT2D eigenvalue weighted by atomic mass is 9.62. The van der Waals surface area contributed by atoms with Crippen LogP contribution in [-0.4, -0.2) is 37.5 Å². The van der Waals surface area contributed by atoms with Gasteiger partial charge in [0.05, 0.1) is 23.7 Å². The van der Waals surface area contributed by atoms with Crippen LogP contribution in [0.15, 0.2) is 64.5 Å². The molecular weight excluding hydrogens is 472 g/mol. The molecule has 1 saturated carbocycles. The molecule has 2 aliphatic carbocycles. The number of nitrogens with zero attached hydrogens (tertiary/aromatic N) is 4. The summed E-state index contributed by atoms with van der Waals surface area (Å²) in [5, 5.41) is 9.56. The van der Waals surface area contributed by atoms with E-state index in [1.807, 2.05) is 40.8 Å². The number of hydrogen-bond acceptors (Lipinski definition) is 6. The Bertz CT molecular complexity index is 1500. The van der Waals surface area contributed by atoms with E-state index in [9.17, 15) is 9.59 Å². The predicted molar refractivity (Wildman–Crippen MR) is 140 cm³/mol. The number of thioether (sulfide) groups is 1. The van der Waals surface area contributed by atoms with Crippen molar-refractivity contribution in [2.45, 2.75) is 56.0 Å². The van der Waals surface area contributed by atoms with Gasteiger partial charge in [0.25, 0.3) is 5.56 Å². The standard InChI is InChI=1S/C28H28N4O3S/c1-2-35-22(33)18-36-27-30-29-26-31(20-12-5-3-6-13-20)25(34)23-24(32(26)27)21-14-8-7-11-19(21)17-28(23)15-9-4-10-16-28/h3,5-8,11-14H,2,4,9-10,15-18H2,1H3. The van der Waals surface area contributed by atoms with Gasteiger partial charge in [-0.15, -0.1) is 10.2 Å². The quantitative estimate of drug-likeness (QED) is 0.285. The molecule has 2 aromatic heterocycles. The number of hydrogen-bond donors (Lipinski definition) is 0. The van der Waals surface area contributed by atoms with Gasteiger partial charge < -0.3 is 4.74 Å². The molecule has 0 aliphatic heterocycles. The first-order chi connectivity index (χ1) is 17.6. The zero-order valence-corrected chi connectivity index (χ0v) is 21.1. The lowest BCUT2D eigenvalue weighted by Crippen LogP contribution is -2.43. The van der Waals surface area contributed by atoms with Gasteiger partial charge in [-0.05, 0) is 43.9 Å². The molecule has 0 saturated heterocycles. The third kappa shape index (κ3) is 3.66. The van der Waals surface area contributed by atoms with Crippen LogP contribution in [0.4, 0.5) is 0 Å². The molecule has 36 heavy (non-hydrogen) atoms. The average Bonchev–Trinajstić information content (AvgIpc) is 3.32. The molecule has 2 aromatic carbocycles. The van der Waals surface area contributed by atoms with Gasteiger partial charge in [-0.2, -0.15) is 0 Å². The number of aromatic nitrogens is 4. The Kier molecular flexibility index (Phi) is 5.91. The number of para-hydroxylation sites is 1. The van der Waals surface area contributed by atoms with Crippen LogP contribution in [0.3, 0.4) is 0 Å². The fraction of sp³-hybridized carbons (Fsp3) is 0.357. The average molecular weight is 501 g/mol. The van der Waals surface area contributed by atoms with E-state index < -0.39 is 0 Å². The second-order valence-corrected chi connectivity index (χ2v) is 10.5. The van der Waals surface area contributed by atoms with Crippen molar-refractivity contribution in [2.24, 2.45) is 0 Å². The fourth-order valence-corrected chi connectivity index (χ4v) is 6.73. The Hall–Kier alpha value is -3.39. The molecule has 0 atom stereocenters. The molecule has 2 aliphatic rings. The molecule has 0 N–H and O–H groups in total. The molecule has 8 heteroatoms. The summed E-state index contributed by atoms with van der Waals surface area (Å²) in [4.78, 5) is 26.7. The third-order valence-corrected chi connectivity index (χ3v) is 8.38. The van der Waals surface area contributed by atoms with Crippen LogP contribution in [0, 0.1) is 0 Å². The van der Waals surface area contributed by atoms with Crippen molar-refractivity contribution in [3.63, 3.8) is 0 Å². The van der Waals surface area contributed by atoms with Gasteiger partial charge >= 0.3 is 5.97 Å². The lowest BCUT2D eigenvalue weighted by Gasteiger charge is -2.42. The zero-order valence-electron chi connectivity index (χ0n) is 20.3. The summed E-state index contributed by atoms with van der Waals surface area (Å²) in [5.74, 6) is 0.285. The largest absolute Gasteiger partial charge is 0.465 e. The van der Waals surface area contributed by atoms with Gasteiger partial charge in [0.15, 0.2) is 5.16 Å². The minimum Gasteiger partial charge on any atom is -0.465 e. The molecule has 0 amide bonds. The van der Waals surface area contributed by atoms with Gasteiger partial charge in [0.2, 0.25) is 5.78 Å². The maximum absolute atomic E-state index is 14.5. The molecule has 7 nitrogen and oxygen atoms in total. The number of carbonyl (C=O) groups is 1. The molecule has 4 aromatic rings. The normalized spacial score (nSPS) is 16.0. The van der Waals surface area contributed by atoms with Crippen molar-refractivity contribution >= 4 is 23.5 Å². The smallest absolute Gasteiger partial charge is 0.316 e. The second-order valence-electron chi connectivity index (χ2n) is 9.59. The van der Waals surface area contributed by atoms with Crippen LogP contribution in [0.1, 0.15) is 50.2 Å². The highest BCUT2D eigenvalue weighted by molar-refractivity contribution is 7.99. The summed E-state index contributed by atoms with van der Waals surface area (Å²) in [6.07, 6.45) is 6.24. The second kappa shape index (κ2) is 9.24. The number of benzene rings is 2. The molecule has 1 spiro atoms. The van der Waals surface area contributed by atoms with Gasteiger partial charge in [-0.3, -0.25) is 14.0 Å². The van der Waals surface area contributed by atoms with E-state index in [2.05, 4.69) is 28.4 Å². The van der Waals surface area contributed by atoms with Gasteiger partial charge in [0, 0.05) is 16.5 Å². The van der Waals surface area contributed by atoms with E-state index in [4.69, 9.17) is 4.74 Å². The third-order valence-electron chi connectivity index (χ3n) is 7.47. The van der Waals surface area contributed by atoms with Crippen LogP contribution < -0.4 is 5.56 Å². The van der Waals surface area contributed by atoms with Crippen molar-refractivity contribution < 1.29 is 9.53 Å². The number of carbonyl (C=O) groups excluding carboxylic acids is 1. The number of rotatable bonds is 5. The summed E-state index contributed by atoms with van der Waals surface area (Å²) in [6, 6.07) is 18.0. The van der Waals surface area contributed by atoms with Crippen LogP contribution in [0.25, 0.3) is 22.7 Å². The van der Waals surface area contributed by atoms with Crippen molar-refractivity contribution in [1.29, 1.82) is 0 Å². The molecule has 184 valence electrons. The minimum atomic E-state index is -0.298. The Morgan fingerprint density at radius 2 is 1.78 bits per heavy atom. The number of fused-ring (bicyclic) bond motifs is 6. The van der Waals surface area contributed by atoms with E-state index >= 15 is 0 Å². The van der Waals surface area contributed by atoms with Crippen molar-refractivity contribution in [3.8, 4) is 16.9 Å². The summed E-state index contributed by atoms with van der Waals surface area (Å²) >= 11 is 1.30. The molecule has 6 rings (SSSR count). The maximum atomic E-state index is 14.5. The Balaban J connectivity index is 1.69. The Morgan fingerprint density at radius 3 is 2.56 bits per heavy atom. The first-order valence-corrected chi connectivity index (χ1v) is 13.6. The van der Waals surface area contributed by atoms with Gasteiger partial charge in [0.1, 0.15) is 0 Å². The van der Waals surface area contributed by atoms with Crippen LogP contribution in [0.5, 0.6) is 0 Å². The minimum absolute atomic E-state index is 0.0190. The van der Waals surface area contributed by atoms with Crippen LogP contribution >= 0.6 is 11.8 Å². The SMILES string of the molecule is CCOC(=O)CSc1nnc2n(-c3ccccc3)c(=O)c3c(n12)-c1ccccc1CC31CCCCC1. The maximum Gasteiger partial charge on any atom is 0.316 e. The van der Waals surface area contributed by atoms with Gasteiger partial charge in [-0.25, -0.2) is 4.57 Å². The molecule has 0 bridgehead atoms. The monoisotopic (exact) mass is 500 g/mol. The Labute approximate surface area is 213 Å². The highest BCUT2D eigenvalue weighted by Gasteiger charge is 2.44. The van der Waals surface area contributed by atoms with Crippen molar-refractivity contribution in [1.82, 2.24) is 19.2 Å². The first kappa shape index (κ1) is 23.0. The van der Waals surface area contributed by atoms with E-state index in [1.54, 1.807) is 11.5 Å². The van der Waals surface area contributed by atoms with E-state index in [0.717, 1.165) is 54.6 Å². The molecule has 2 heterocycles. The molecule has 0 unspecified atom stereocenters. The summed E-state index contributed by atoms with van der Waals surface area (Å²) in [7, 11) is 0. The van der Waals surface area contributed by atoms with Crippen LogP contribution in [-0.2, 0) is 21.4 Å². The van der Waals surface area contributed by atoms with Crippen molar-refractivity contribution in [3.05, 3.63) is 76.1 Å². The topological polar surface area (TPSA) is 78.5 Å². The van der Waals surface area contributed by atoms with Crippen LogP contribution in [0.2, 0.25) is 0 Å².